The van der Waals surface area contributed by atoms with E-state index in [2.05, 4.69) is 20.2 Å². The Morgan fingerprint density at radius 2 is 1.94 bits per heavy atom. The fourth-order valence-corrected chi connectivity index (χ4v) is 5.66. The van der Waals surface area contributed by atoms with E-state index in [0.717, 1.165) is 63.3 Å². The maximum absolute atomic E-state index is 13.0. The maximum atomic E-state index is 13.0. The third kappa shape index (κ3) is 4.07. The van der Waals surface area contributed by atoms with Crippen LogP contribution in [0.4, 0.5) is 5.69 Å². The molecule has 35 heavy (non-hydrogen) atoms. The zero-order valence-electron chi connectivity index (χ0n) is 19.4. The number of aromatic nitrogens is 3. The van der Waals surface area contributed by atoms with Gasteiger partial charge in [-0.25, -0.2) is 9.97 Å². The normalized spacial score (nSPS) is 25.7. The summed E-state index contributed by atoms with van der Waals surface area (Å²) in [6.07, 6.45) is 8.76. The lowest BCUT2D eigenvalue weighted by molar-refractivity contribution is -0.0848. The molecule has 182 valence electrons. The van der Waals surface area contributed by atoms with Crippen molar-refractivity contribution in [3.8, 4) is 5.88 Å². The van der Waals surface area contributed by atoms with E-state index in [9.17, 15) is 9.59 Å². The number of primary amides is 1. The molecule has 0 radical (unpaired) electrons. The molecule has 10 heteroatoms. The van der Waals surface area contributed by atoms with E-state index in [1.165, 1.54) is 0 Å². The summed E-state index contributed by atoms with van der Waals surface area (Å²) in [7, 11) is 0. The van der Waals surface area contributed by atoms with Crippen molar-refractivity contribution in [3.05, 3.63) is 54.1 Å². The van der Waals surface area contributed by atoms with Gasteiger partial charge in [0, 0.05) is 43.3 Å². The summed E-state index contributed by atoms with van der Waals surface area (Å²) in [4.78, 5) is 35.4. The molecular formula is C25H28N6O4. The summed E-state index contributed by atoms with van der Waals surface area (Å²) in [5.74, 6) is -0.352. The quantitative estimate of drug-likeness (QED) is 0.556. The molecule has 10 nitrogen and oxygen atoms in total. The van der Waals surface area contributed by atoms with Gasteiger partial charge >= 0.3 is 0 Å². The van der Waals surface area contributed by atoms with E-state index >= 15 is 0 Å². The molecule has 4 heterocycles. The molecule has 1 spiro atoms. The van der Waals surface area contributed by atoms with Gasteiger partial charge in [0.2, 0.25) is 5.88 Å². The van der Waals surface area contributed by atoms with Crippen LogP contribution in [0.5, 0.6) is 5.88 Å². The largest absolute Gasteiger partial charge is 0.474 e. The van der Waals surface area contributed by atoms with Gasteiger partial charge in [0.1, 0.15) is 23.0 Å². The number of anilines is 1. The first-order valence-electron chi connectivity index (χ1n) is 12.0. The molecule has 0 unspecified atom stereocenters. The number of hydrogen-bond donors (Lipinski definition) is 2. The van der Waals surface area contributed by atoms with Gasteiger partial charge in [-0.1, -0.05) is 0 Å². The number of hydrogen-bond acceptors (Lipinski definition) is 7. The fraction of sp³-hybridized carbons (Fsp3) is 0.440. The predicted octanol–water partition coefficient (Wildman–Crippen LogP) is 1.78. The van der Waals surface area contributed by atoms with Crippen LogP contribution in [0.25, 0.3) is 5.65 Å². The Morgan fingerprint density at radius 3 is 2.71 bits per heavy atom. The highest BCUT2D eigenvalue weighted by atomic mass is 16.5. The number of amides is 2. The Balaban J connectivity index is 1.03. The monoisotopic (exact) mass is 476 g/mol. The first-order chi connectivity index (χ1) is 17.0. The van der Waals surface area contributed by atoms with E-state index in [0.29, 0.717) is 17.1 Å². The van der Waals surface area contributed by atoms with E-state index < -0.39 is 5.91 Å². The molecule has 2 amide bonds. The molecule has 3 aliphatic rings. The molecule has 0 atom stereocenters. The predicted molar refractivity (Wildman–Crippen MR) is 128 cm³/mol. The van der Waals surface area contributed by atoms with Crippen molar-refractivity contribution < 1.29 is 19.1 Å². The lowest BCUT2D eigenvalue weighted by Gasteiger charge is -2.57. The van der Waals surface area contributed by atoms with Crippen LogP contribution in [0.2, 0.25) is 0 Å². The van der Waals surface area contributed by atoms with Gasteiger partial charge in [0.25, 0.3) is 11.8 Å². The third-order valence-electron chi connectivity index (χ3n) is 7.44. The number of fused-ring (bicyclic) bond motifs is 1. The van der Waals surface area contributed by atoms with Crippen molar-refractivity contribution in [1.29, 1.82) is 0 Å². The van der Waals surface area contributed by atoms with Gasteiger partial charge in [0.05, 0.1) is 19.4 Å². The minimum Gasteiger partial charge on any atom is -0.474 e. The lowest BCUT2D eigenvalue weighted by atomic mass is 9.53. The molecule has 1 saturated heterocycles. The molecule has 2 aliphatic carbocycles. The Labute approximate surface area is 202 Å². The summed E-state index contributed by atoms with van der Waals surface area (Å²) >= 11 is 0. The Morgan fingerprint density at radius 1 is 1.14 bits per heavy atom. The zero-order chi connectivity index (χ0) is 24.0. The molecule has 0 aromatic carbocycles. The first-order valence-corrected chi connectivity index (χ1v) is 12.0. The number of imidazole rings is 1. The van der Waals surface area contributed by atoms with Gasteiger partial charge in [-0.15, -0.1) is 0 Å². The first kappa shape index (κ1) is 21.8. The van der Waals surface area contributed by atoms with Crippen LogP contribution >= 0.6 is 0 Å². The van der Waals surface area contributed by atoms with Crippen LogP contribution in [0.1, 0.15) is 46.5 Å². The number of nitrogens with two attached hydrogens (primary N) is 1. The van der Waals surface area contributed by atoms with Crippen molar-refractivity contribution >= 4 is 23.1 Å². The average molecular weight is 477 g/mol. The highest BCUT2D eigenvalue weighted by Crippen LogP contribution is 2.56. The van der Waals surface area contributed by atoms with Crippen LogP contribution in [0, 0.1) is 5.41 Å². The van der Waals surface area contributed by atoms with Crippen LogP contribution in [-0.2, 0) is 4.74 Å². The third-order valence-corrected chi connectivity index (χ3v) is 7.44. The lowest BCUT2D eigenvalue weighted by Crippen LogP contribution is -2.58. The standard InChI is InChI=1S/C25H28N6O4/c26-22(32)19-2-1-4-27-24(19)35-18-13-25(14-18)11-16(12-25)29-23(33)20-15-28-21-10-17(3-5-31(20)21)30-6-8-34-9-7-30/h1-5,10,15-16,18H,6-9,11-14H2,(H2,26,32)(H,29,33). The van der Waals surface area contributed by atoms with Crippen molar-refractivity contribution in [2.45, 2.75) is 37.8 Å². The van der Waals surface area contributed by atoms with E-state index in [-0.39, 0.29) is 23.5 Å². The van der Waals surface area contributed by atoms with E-state index in [4.69, 9.17) is 15.2 Å². The number of morpholine rings is 1. The average Bonchev–Trinajstić information content (AvgIpc) is 3.25. The molecule has 6 rings (SSSR count). The van der Waals surface area contributed by atoms with Crippen LogP contribution < -0.4 is 20.7 Å². The molecule has 0 bridgehead atoms. The highest BCUT2D eigenvalue weighted by molar-refractivity contribution is 5.95. The molecule has 3 N–H and O–H groups in total. The van der Waals surface area contributed by atoms with Gasteiger partial charge in [0.15, 0.2) is 0 Å². The molecule has 3 fully saturated rings. The van der Waals surface area contributed by atoms with Gasteiger partial charge in [-0.2, -0.15) is 0 Å². The molecular weight excluding hydrogens is 448 g/mol. The molecule has 3 aromatic rings. The summed E-state index contributed by atoms with van der Waals surface area (Å²) in [6, 6.07) is 7.46. The topological polar surface area (TPSA) is 124 Å². The fourth-order valence-electron chi connectivity index (χ4n) is 5.66. The van der Waals surface area contributed by atoms with Gasteiger partial charge in [-0.05, 0) is 49.3 Å². The van der Waals surface area contributed by atoms with Crippen LogP contribution in [0.3, 0.4) is 0 Å². The minimum atomic E-state index is -0.543. The van der Waals surface area contributed by atoms with Crippen molar-refractivity contribution in [2.75, 3.05) is 31.2 Å². The summed E-state index contributed by atoms with van der Waals surface area (Å²) in [5.41, 5.74) is 8.29. The summed E-state index contributed by atoms with van der Waals surface area (Å²) < 4.78 is 13.2. The number of carbonyl (C=O) groups is 2. The minimum absolute atomic E-state index is 0.0130. The summed E-state index contributed by atoms with van der Waals surface area (Å²) in [5, 5.41) is 3.16. The Hall–Kier alpha value is -3.66. The van der Waals surface area contributed by atoms with Crippen LogP contribution in [0.15, 0.2) is 42.9 Å². The number of nitrogens with one attached hydrogen (secondary N) is 1. The number of carbonyl (C=O) groups excluding carboxylic acids is 2. The molecule has 3 aromatic heterocycles. The van der Waals surface area contributed by atoms with Crippen molar-refractivity contribution in [1.82, 2.24) is 19.7 Å². The zero-order valence-corrected chi connectivity index (χ0v) is 19.4. The molecule has 1 aliphatic heterocycles. The summed E-state index contributed by atoms with van der Waals surface area (Å²) in [6.45, 7) is 3.16. The Kier molecular flexibility index (Phi) is 5.32. The van der Waals surface area contributed by atoms with Crippen LogP contribution in [-0.4, -0.2) is 64.6 Å². The maximum Gasteiger partial charge on any atom is 0.270 e. The molecule has 2 saturated carbocycles. The van der Waals surface area contributed by atoms with E-state index in [1.807, 2.05) is 22.7 Å². The van der Waals surface area contributed by atoms with E-state index in [1.54, 1.807) is 24.5 Å². The second kappa shape index (κ2) is 8.53. The highest BCUT2D eigenvalue weighted by Gasteiger charge is 2.54. The second-order valence-electron chi connectivity index (χ2n) is 9.80. The SMILES string of the molecule is NC(=O)c1cccnc1OC1CC2(CC(NC(=O)c3cnc4cc(N5CCOCC5)ccn34)C2)C1. The van der Waals surface area contributed by atoms with Gasteiger partial charge in [-0.3, -0.25) is 14.0 Å². The number of ether oxygens (including phenoxy) is 2. The number of nitrogens with zero attached hydrogens (tertiary/aromatic N) is 4. The smallest absolute Gasteiger partial charge is 0.270 e. The van der Waals surface area contributed by atoms with Gasteiger partial charge < -0.3 is 25.4 Å². The second-order valence-corrected chi connectivity index (χ2v) is 9.80. The van der Waals surface area contributed by atoms with Crippen molar-refractivity contribution in [2.24, 2.45) is 11.1 Å². The number of pyridine rings is 2. The Bertz CT molecular complexity index is 1270. The van der Waals surface area contributed by atoms with Crippen molar-refractivity contribution in [3.63, 3.8) is 0 Å². The number of rotatable bonds is 6.